The molecule has 0 atom stereocenters. The Morgan fingerprint density at radius 2 is 2.03 bits per heavy atom. The first-order chi connectivity index (χ1) is 17.8. The third-order valence-corrected chi connectivity index (χ3v) is 6.30. The van der Waals surface area contributed by atoms with Gasteiger partial charge in [0.2, 0.25) is 5.91 Å². The minimum atomic E-state index is -0.522. The number of hydrogen-bond acceptors (Lipinski definition) is 8. The number of nitrogens with one attached hydrogen (secondary N) is 1. The lowest BCUT2D eigenvalue weighted by Crippen LogP contribution is -2.30. The molecule has 0 aliphatic rings. The molecule has 1 aromatic carbocycles. The second kappa shape index (κ2) is 12.9. The number of halogens is 1. The molecule has 0 bridgehead atoms. The number of pyridine rings is 1. The molecule has 10 heteroatoms. The normalized spacial score (nSPS) is 12.2. The predicted octanol–water partition coefficient (Wildman–Crippen LogP) is 3.89. The second-order valence-electron chi connectivity index (χ2n) is 7.81. The predicted molar refractivity (Wildman–Crippen MR) is 139 cm³/mol. The molecular formula is C27H27FN2O6S. The van der Waals surface area contributed by atoms with Gasteiger partial charge in [-0.05, 0) is 42.8 Å². The molecule has 37 heavy (non-hydrogen) atoms. The molecule has 0 aliphatic carbocycles. The lowest BCUT2D eigenvalue weighted by atomic mass is 10.1. The Hall–Kier alpha value is -3.86. The van der Waals surface area contributed by atoms with E-state index in [0.29, 0.717) is 26.9 Å². The molecule has 3 aromatic rings. The molecule has 2 aromatic heterocycles. The molecule has 0 fully saturated rings. The summed E-state index contributed by atoms with van der Waals surface area (Å²) in [7, 11) is 1.40. The highest BCUT2D eigenvalue weighted by atomic mass is 32.1. The van der Waals surface area contributed by atoms with Crippen LogP contribution in [0.4, 0.5) is 4.39 Å². The van der Waals surface area contributed by atoms with E-state index in [1.165, 1.54) is 49.7 Å². The maximum atomic E-state index is 14.1. The summed E-state index contributed by atoms with van der Waals surface area (Å²) in [6, 6.07) is 7.84. The molecule has 0 spiro atoms. The van der Waals surface area contributed by atoms with E-state index in [-0.39, 0.29) is 55.0 Å². The zero-order chi connectivity index (χ0) is 26.9. The molecular weight excluding hydrogens is 499 g/mol. The molecule has 194 valence electrons. The number of amides is 1. The number of ketones is 1. The summed E-state index contributed by atoms with van der Waals surface area (Å²) in [6.07, 6.45) is 2.82. The average molecular weight is 527 g/mol. The molecule has 1 amide bonds. The lowest BCUT2D eigenvalue weighted by Gasteiger charge is -2.11. The minimum Gasteiger partial charge on any atom is -0.493 e. The van der Waals surface area contributed by atoms with Gasteiger partial charge in [0.1, 0.15) is 18.1 Å². The summed E-state index contributed by atoms with van der Waals surface area (Å²) < 4.78 is 25.2. The van der Waals surface area contributed by atoms with Gasteiger partial charge in [0.05, 0.1) is 37.3 Å². The number of methoxy groups -OCH3 is 1. The largest absolute Gasteiger partial charge is 0.493 e. The number of benzene rings is 1. The number of aromatic nitrogens is 1. The number of carbonyl (C=O) groups excluding carboxylic acids is 2. The maximum absolute atomic E-state index is 14.1. The van der Waals surface area contributed by atoms with E-state index in [4.69, 9.17) is 14.6 Å². The van der Waals surface area contributed by atoms with Crippen molar-refractivity contribution >= 4 is 33.1 Å². The van der Waals surface area contributed by atoms with Crippen LogP contribution in [0, 0.1) is 5.82 Å². The number of Topliss-reactive ketones (excluding diaryl/α,β-unsaturated/α-hetero) is 1. The number of fused-ring (bicyclic) bond motifs is 1. The van der Waals surface area contributed by atoms with Crippen molar-refractivity contribution in [1.29, 1.82) is 0 Å². The van der Waals surface area contributed by atoms with E-state index in [1.807, 2.05) is 0 Å². The van der Waals surface area contributed by atoms with E-state index in [9.17, 15) is 19.1 Å². The first kappa shape index (κ1) is 27.7. The fourth-order valence-electron chi connectivity index (χ4n) is 3.45. The van der Waals surface area contributed by atoms with Crippen LogP contribution in [0.1, 0.15) is 23.0 Å². The number of allylic oxidation sites excluding steroid dienone is 2. The number of rotatable bonds is 12. The summed E-state index contributed by atoms with van der Waals surface area (Å²) in [5, 5.41) is 23.6. The highest BCUT2D eigenvalue weighted by molar-refractivity contribution is 7.17. The van der Waals surface area contributed by atoms with Crippen LogP contribution >= 0.6 is 11.3 Å². The van der Waals surface area contributed by atoms with Crippen molar-refractivity contribution in [3.8, 4) is 11.3 Å². The van der Waals surface area contributed by atoms with Gasteiger partial charge < -0.3 is 25.0 Å². The number of hydrogen-bond donors (Lipinski definition) is 3. The van der Waals surface area contributed by atoms with Crippen molar-refractivity contribution in [3.05, 3.63) is 88.6 Å². The highest BCUT2D eigenvalue weighted by Crippen LogP contribution is 2.35. The number of thiophene rings is 1. The minimum absolute atomic E-state index is 0.0276. The molecule has 2 heterocycles. The zero-order valence-electron chi connectivity index (χ0n) is 20.4. The first-order valence-corrected chi connectivity index (χ1v) is 12.1. The van der Waals surface area contributed by atoms with Gasteiger partial charge in [0.15, 0.2) is 17.3 Å². The quantitative estimate of drug-likeness (QED) is 0.142. The highest BCUT2D eigenvalue weighted by Gasteiger charge is 2.17. The fourth-order valence-corrected chi connectivity index (χ4v) is 4.42. The van der Waals surface area contributed by atoms with Crippen LogP contribution in [0.3, 0.4) is 0 Å². The molecule has 0 saturated carbocycles. The molecule has 0 radical (unpaired) electrons. The second-order valence-corrected chi connectivity index (χ2v) is 8.69. The first-order valence-electron chi connectivity index (χ1n) is 11.2. The number of aliphatic hydroxyl groups is 2. The molecule has 0 unspecified atom stereocenters. The van der Waals surface area contributed by atoms with E-state index < -0.39 is 11.7 Å². The standard InChI is InChI=1S/C27H27FN2O6S/c1-4-24(36-9-8-31)25(35-3)10-16(2)27(34)29-13-23(33)22-12-17(14-32)11-21(30-22)19-15-37-26-18(19)6-5-7-20(26)28/h4-7,10-12,15,31-32H,1,8-9,13-14H2,2-3H3,(H,29,34)/b16-10+,25-24-. The van der Waals surface area contributed by atoms with Crippen LogP contribution in [0.5, 0.6) is 0 Å². The van der Waals surface area contributed by atoms with E-state index in [1.54, 1.807) is 23.6 Å². The van der Waals surface area contributed by atoms with Gasteiger partial charge in [-0.3, -0.25) is 9.59 Å². The molecule has 3 N–H and O–H groups in total. The number of aliphatic hydroxyl groups excluding tert-OH is 2. The molecule has 3 rings (SSSR count). The third kappa shape index (κ3) is 6.67. The summed E-state index contributed by atoms with van der Waals surface area (Å²) in [6.45, 7) is 4.32. The molecule has 0 saturated heterocycles. The zero-order valence-corrected chi connectivity index (χ0v) is 21.2. The van der Waals surface area contributed by atoms with E-state index in [0.717, 1.165) is 0 Å². The Bertz CT molecular complexity index is 1380. The van der Waals surface area contributed by atoms with Crippen molar-refractivity contribution in [2.24, 2.45) is 0 Å². The number of nitrogens with zero attached hydrogens (tertiary/aromatic N) is 1. The van der Waals surface area contributed by atoms with Crippen LogP contribution < -0.4 is 5.32 Å². The van der Waals surface area contributed by atoms with Crippen molar-refractivity contribution in [3.63, 3.8) is 0 Å². The van der Waals surface area contributed by atoms with Crippen LogP contribution in [0.15, 0.2) is 71.5 Å². The maximum Gasteiger partial charge on any atom is 0.247 e. The van der Waals surface area contributed by atoms with Crippen LogP contribution in [0.25, 0.3) is 21.3 Å². The van der Waals surface area contributed by atoms with Crippen LogP contribution in [-0.2, 0) is 20.9 Å². The van der Waals surface area contributed by atoms with Gasteiger partial charge in [-0.1, -0.05) is 18.7 Å². The van der Waals surface area contributed by atoms with E-state index in [2.05, 4.69) is 16.9 Å². The Labute approximate surface area is 217 Å². The SMILES string of the molecule is C=C/C(OCCO)=C(\C=C(/C)C(=O)NCC(=O)c1cc(CO)cc(-c2csc3c(F)cccc23)n1)OC. The third-order valence-electron chi connectivity index (χ3n) is 5.29. The van der Waals surface area contributed by atoms with Crippen LogP contribution in [0.2, 0.25) is 0 Å². The fraction of sp³-hybridized carbons (Fsp3) is 0.222. The van der Waals surface area contributed by atoms with Crippen molar-refractivity contribution in [1.82, 2.24) is 10.3 Å². The Morgan fingerprint density at radius 3 is 2.70 bits per heavy atom. The van der Waals surface area contributed by atoms with Gasteiger partial charge in [0.25, 0.3) is 0 Å². The van der Waals surface area contributed by atoms with Gasteiger partial charge in [-0.25, -0.2) is 9.37 Å². The molecule has 0 aliphatic heterocycles. The Kier molecular flexibility index (Phi) is 9.67. The number of ether oxygens (including phenoxy) is 2. The topological polar surface area (TPSA) is 118 Å². The molecule has 8 nitrogen and oxygen atoms in total. The average Bonchev–Trinajstić information content (AvgIpc) is 3.36. The smallest absolute Gasteiger partial charge is 0.247 e. The van der Waals surface area contributed by atoms with Gasteiger partial charge in [-0.15, -0.1) is 11.3 Å². The number of carbonyl (C=O) groups is 2. The van der Waals surface area contributed by atoms with Gasteiger partial charge in [0, 0.05) is 21.9 Å². The van der Waals surface area contributed by atoms with Crippen molar-refractivity contribution in [2.45, 2.75) is 13.5 Å². The Balaban J connectivity index is 1.80. The Morgan fingerprint density at radius 1 is 1.24 bits per heavy atom. The van der Waals surface area contributed by atoms with Crippen LogP contribution in [-0.4, -0.2) is 53.8 Å². The van der Waals surface area contributed by atoms with E-state index >= 15 is 0 Å². The lowest BCUT2D eigenvalue weighted by molar-refractivity contribution is -0.117. The van der Waals surface area contributed by atoms with Crippen molar-refractivity contribution < 1.29 is 33.7 Å². The summed E-state index contributed by atoms with van der Waals surface area (Å²) in [5.41, 5.74) is 1.82. The van der Waals surface area contributed by atoms with Gasteiger partial charge >= 0.3 is 0 Å². The summed E-state index contributed by atoms with van der Waals surface area (Å²) in [5.74, 6) is -0.863. The summed E-state index contributed by atoms with van der Waals surface area (Å²) >= 11 is 1.23. The van der Waals surface area contributed by atoms with Crippen molar-refractivity contribution in [2.75, 3.05) is 26.9 Å². The van der Waals surface area contributed by atoms with Gasteiger partial charge in [-0.2, -0.15) is 0 Å². The monoisotopic (exact) mass is 526 g/mol. The summed E-state index contributed by atoms with van der Waals surface area (Å²) in [4.78, 5) is 29.9.